The third-order valence-corrected chi connectivity index (χ3v) is 4.61. The van der Waals surface area contributed by atoms with Gasteiger partial charge in [0.1, 0.15) is 0 Å². The molecular weight excluding hydrogens is 338 g/mol. The third kappa shape index (κ3) is 3.43. The molecule has 1 atom stereocenters. The lowest BCUT2D eigenvalue weighted by Gasteiger charge is -2.18. The molecule has 2 rings (SSSR count). The van der Waals surface area contributed by atoms with Gasteiger partial charge in [-0.05, 0) is 60.6 Å². The fourth-order valence-electron chi connectivity index (χ4n) is 2.36. The maximum atomic E-state index is 6.06. The number of aryl methyl sites for hydroxylation is 2. The van der Waals surface area contributed by atoms with Crippen molar-refractivity contribution in [3.63, 3.8) is 0 Å². The second-order valence-corrected chi connectivity index (χ2v) is 6.07. The molecule has 0 saturated carbocycles. The molecule has 0 radical (unpaired) electrons. The minimum absolute atomic E-state index is 0.241. The van der Waals surface area contributed by atoms with Gasteiger partial charge in [-0.25, -0.2) is 0 Å². The minimum Gasteiger partial charge on any atom is -0.313 e. The molecule has 1 unspecified atom stereocenters. The fourth-order valence-corrected chi connectivity index (χ4v) is 2.88. The molecule has 0 aliphatic rings. The lowest BCUT2D eigenvalue weighted by molar-refractivity contribution is 0.541. The number of halogens is 2. The maximum absolute atomic E-state index is 6.06. The third-order valence-electron chi connectivity index (χ3n) is 3.39. The van der Waals surface area contributed by atoms with E-state index < -0.39 is 0 Å². The molecule has 108 valence electrons. The predicted octanol–water partition coefficient (Wildman–Crippen LogP) is 4.13. The molecule has 0 aliphatic carbocycles. The van der Waals surface area contributed by atoms with Gasteiger partial charge in [0.25, 0.3) is 0 Å². The van der Waals surface area contributed by atoms with Crippen molar-refractivity contribution >= 4 is 27.5 Å². The highest BCUT2D eigenvalue weighted by molar-refractivity contribution is 9.10. The average Bonchev–Trinajstić information content (AvgIpc) is 2.79. The quantitative estimate of drug-likeness (QED) is 0.873. The van der Waals surface area contributed by atoms with Crippen molar-refractivity contribution in [2.24, 2.45) is 0 Å². The first kappa shape index (κ1) is 15.5. The number of nitrogens with zero attached hydrogens (tertiary/aromatic N) is 2. The first-order valence-electron chi connectivity index (χ1n) is 6.70. The van der Waals surface area contributed by atoms with E-state index in [9.17, 15) is 0 Å². The molecule has 1 aromatic carbocycles. The molecule has 1 heterocycles. The van der Waals surface area contributed by atoms with Gasteiger partial charge in [0.05, 0.1) is 10.7 Å². The Morgan fingerprint density at radius 1 is 1.40 bits per heavy atom. The molecule has 0 saturated heterocycles. The number of hydrogen-bond acceptors (Lipinski definition) is 2. The van der Waals surface area contributed by atoms with E-state index in [1.807, 2.05) is 20.0 Å². The van der Waals surface area contributed by atoms with Crippen molar-refractivity contribution in [1.29, 1.82) is 0 Å². The second-order valence-electron chi connectivity index (χ2n) is 4.81. The molecule has 0 spiro atoms. The smallest absolute Gasteiger partial charge is 0.0596 e. The molecule has 0 fully saturated rings. The van der Waals surface area contributed by atoms with E-state index in [-0.39, 0.29) is 6.04 Å². The van der Waals surface area contributed by atoms with Crippen LogP contribution in [0.2, 0.25) is 5.02 Å². The maximum Gasteiger partial charge on any atom is 0.0596 e. The number of nitrogens with one attached hydrogen (secondary N) is 1. The van der Waals surface area contributed by atoms with Crippen LogP contribution in [0.3, 0.4) is 0 Å². The Balaban J connectivity index is 2.26. The summed E-state index contributed by atoms with van der Waals surface area (Å²) in [5, 5.41) is 8.60. The lowest BCUT2D eigenvalue weighted by atomic mass is 10.0. The monoisotopic (exact) mass is 355 g/mol. The SMILES string of the molecule is CCn1nc(C)cc1CC(NC)c1ccc(Cl)c(Br)c1. The van der Waals surface area contributed by atoms with Gasteiger partial charge in [0.15, 0.2) is 0 Å². The highest BCUT2D eigenvalue weighted by Gasteiger charge is 2.14. The molecule has 0 bridgehead atoms. The molecule has 0 aliphatic heterocycles. The van der Waals surface area contributed by atoms with Crippen LogP contribution >= 0.6 is 27.5 Å². The van der Waals surface area contributed by atoms with Crippen molar-refractivity contribution in [1.82, 2.24) is 15.1 Å². The summed E-state index contributed by atoms with van der Waals surface area (Å²) in [6.45, 7) is 5.04. The van der Waals surface area contributed by atoms with Crippen molar-refractivity contribution in [2.75, 3.05) is 7.05 Å². The van der Waals surface area contributed by atoms with Gasteiger partial charge in [-0.3, -0.25) is 4.68 Å². The van der Waals surface area contributed by atoms with E-state index in [0.29, 0.717) is 0 Å². The number of hydrogen-bond donors (Lipinski definition) is 1. The van der Waals surface area contributed by atoms with Crippen LogP contribution in [0.1, 0.15) is 29.9 Å². The van der Waals surface area contributed by atoms with Crippen molar-refractivity contribution in [3.05, 3.63) is 50.7 Å². The zero-order valence-corrected chi connectivity index (χ0v) is 14.3. The van der Waals surface area contributed by atoms with E-state index in [1.165, 1.54) is 11.3 Å². The van der Waals surface area contributed by atoms with Crippen LogP contribution in [0.4, 0.5) is 0 Å². The fraction of sp³-hybridized carbons (Fsp3) is 0.400. The minimum atomic E-state index is 0.241. The van der Waals surface area contributed by atoms with Crippen molar-refractivity contribution in [2.45, 2.75) is 32.9 Å². The highest BCUT2D eigenvalue weighted by Crippen LogP contribution is 2.27. The molecule has 3 nitrogen and oxygen atoms in total. The Kier molecular flexibility index (Phi) is 5.24. The van der Waals surface area contributed by atoms with E-state index >= 15 is 0 Å². The second kappa shape index (κ2) is 6.74. The lowest BCUT2D eigenvalue weighted by Crippen LogP contribution is -2.20. The summed E-state index contributed by atoms with van der Waals surface area (Å²) in [6, 6.07) is 8.45. The Labute approximate surface area is 133 Å². The van der Waals surface area contributed by atoms with Crippen LogP contribution in [-0.4, -0.2) is 16.8 Å². The van der Waals surface area contributed by atoms with E-state index in [2.05, 4.69) is 56.2 Å². The number of likely N-dealkylation sites (N-methyl/N-ethyl adjacent to an activating group) is 1. The van der Waals surface area contributed by atoms with Crippen LogP contribution < -0.4 is 5.32 Å². The van der Waals surface area contributed by atoms with E-state index in [0.717, 1.165) is 28.2 Å². The summed E-state index contributed by atoms with van der Waals surface area (Å²) in [5.74, 6) is 0. The average molecular weight is 357 g/mol. The van der Waals surface area contributed by atoms with Crippen LogP contribution in [0.5, 0.6) is 0 Å². The molecule has 2 aromatic rings. The van der Waals surface area contributed by atoms with E-state index in [1.54, 1.807) is 0 Å². The molecule has 5 heteroatoms. The van der Waals surface area contributed by atoms with Crippen LogP contribution in [-0.2, 0) is 13.0 Å². The largest absolute Gasteiger partial charge is 0.313 e. The molecule has 0 amide bonds. The molecule has 20 heavy (non-hydrogen) atoms. The van der Waals surface area contributed by atoms with Gasteiger partial charge < -0.3 is 5.32 Å². The summed E-state index contributed by atoms with van der Waals surface area (Å²) in [7, 11) is 1.98. The summed E-state index contributed by atoms with van der Waals surface area (Å²) >= 11 is 9.54. The van der Waals surface area contributed by atoms with Gasteiger partial charge in [-0.2, -0.15) is 5.10 Å². The molecular formula is C15H19BrClN3. The van der Waals surface area contributed by atoms with Crippen molar-refractivity contribution < 1.29 is 0 Å². The van der Waals surface area contributed by atoms with Gasteiger partial charge in [-0.15, -0.1) is 0 Å². The summed E-state index contributed by atoms with van der Waals surface area (Å²) < 4.78 is 2.99. The normalized spacial score (nSPS) is 12.7. The van der Waals surface area contributed by atoms with Crippen molar-refractivity contribution in [3.8, 4) is 0 Å². The van der Waals surface area contributed by atoms with Gasteiger partial charge in [0, 0.05) is 29.2 Å². The Morgan fingerprint density at radius 3 is 2.75 bits per heavy atom. The van der Waals surface area contributed by atoms with E-state index in [4.69, 9.17) is 11.6 Å². The number of benzene rings is 1. The Morgan fingerprint density at radius 2 is 2.15 bits per heavy atom. The summed E-state index contributed by atoms with van der Waals surface area (Å²) in [4.78, 5) is 0. The predicted molar refractivity (Wildman–Crippen MR) is 87.3 cm³/mol. The first-order valence-corrected chi connectivity index (χ1v) is 7.87. The standard InChI is InChI=1S/C15H19BrClN3/c1-4-20-12(7-10(2)19-20)9-15(18-3)11-5-6-14(17)13(16)8-11/h5-8,15,18H,4,9H2,1-3H3. The number of rotatable bonds is 5. The topological polar surface area (TPSA) is 29.9 Å². The van der Waals surface area contributed by atoms with Crippen LogP contribution in [0.15, 0.2) is 28.7 Å². The Hall–Kier alpha value is -0.840. The summed E-state index contributed by atoms with van der Waals surface area (Å²) in [6.07, 6.45) is 0.902. The zero-order chi connectivity index (χ0) is 14.7. The highest BCUT2D eigenvalue weighted by atomic mass is 79.9. The van der Waals surface area contributed by atoms with Gasteiger partial charge in [-0.1, -0.05) is 17.7 Å². The van der Waals surface area contributed by atoms with Gasteiger partial charge >= 0.3 is 0 Å². The van der Waals surface area contributed by atoms with Crippen LogP contribution in [0, 0.1) is 6.92 Å². The first-order chi connectivity index (χ1) is 9.55. The van der Waals surface area contributed by atoms with Gasteiger partial charge in [0.2, 0.25) is 0 Å². The van der Waals surface area contributed by atoms with Crippen LogP contribution in [0.25, 0.3) is 0 Å². The molecule has 1 N–H and O–H groups in total. The number of aromatic nitrogens is 2. The summed E-state index contributed by atoms with van der Waals surface area (Å²) in [5.41, 5.74) is 3.52. The Bertz CT molecular complexity index is 595. The zero-order valence-electron chi connectivity index (χ0n) is 12.0. The molecule has 1 aromatic heterocycles.